The predicted molar refractivity (Wildman–Crippen MR) is 208 cm³/mol. The number of carbonyl (C=O) groups is 10. The molecular formula is C37H61N9O13. The molecule has 2 saturated heterocycles. The van der Waals surface area contributed by atoms with Gasteiger partial charge in [0, 0.05) is 25.9 Å². The Labute approximate surface area is 342 Å². The molecule has 22 heteroatoms. The molecule has 0 saturated carbocycles. The normalized spacial score (nSPS) is 19.3. The number of hydrogen-bond acceptors (Lipinski definition) is 12. The average Bonchev–Trinajstić information content (AvgIpc) is 3.89. The summed E-state index contributed by atoms with van der Waals surface area (Å²) in [5, 5.41) is 39.8. The second-order valence-corrected chi connectivity index (χ2v) is 15.0. The van der Waals surface area contributed by atoms with E-state index in [2.05, 4.69) is 26.6 Å². The van der Waals surface area contributed by atoms with Crippen LogP contribution in [0.4, 0.5) is 0 Å². The molecule has 0 aromatic rings. The first-order valence-electron chi connectivity index (χ1n) is 20.0. The summed E-state index contributed by atoms with van der Waals surface area (Å²) < 4.78 is 0. The van der Waals surface area contributed by atoms with Crippen LogP contribution < -0.4 is 38.1 Å². The summed E-state index contributed by atoms with van der Waals surface area (Å²) >= 11 is 0. The second-order valence-electron chi connectivity index (χ2n) is 15.0. The monoisotopic (exact) mass is 839 g/mol. The summed E-state index contributed by atoms with van der Waals surface area (Å²) in [5.41, 5.74) is 11.5. The van der Waals surface area contributed by atoms with E-state index in [0.29, 0.717) is 51.6 Å². The highest BCUT2D eigenvalue weighted by atomic mass is 16.4. The van der Waals surface area contributed by atoms with Gasteiger partial charge in [-0.2, -0.15) is 0 Å². The zero-order valence-electron chi connectivity index (χ0n) is 33.9. The minimum absolute atomic E-state index is 0.111. The lowest BCUT2D eigenvalue weighted by Crippen LogP contribution is -2.60. The van der Waals surface area contributed by atoms with Crippen LogP contribution in [0, 0.1) is 5.92 Å². The van der Waals surface area contributed by atoms with E-state index in [1.807, 2.05) is 0 Å². The van der Waals surface area contributed by atoms with Crippen molar-refractivity contribution in [1.29, 1.82) is 0 Å². The van der Waals surface area contributed by atoms with Crippen molar-refractivity contribution in [3.05, 3.63) is 0 Å². The van der Waals surface area contributed by atoms with Crippen LogP contribution in [0.2, 0.25) is 0 Å². The summed E-state index contributed by atoms with van der Waals surface area (Å²) in [6.45, 7) is 5.07. The Morgan fingerprint density at radius 2 is 1.19 bits per heavy atom. The van der Waals surface area contributed by atoms with Crippen LogP contribution in [0.1, 0.15) is 97.8 Å². The Morgan fingerprint density at radius 1 is 0.678 bits per heavy atom. The molecule has 2 heterocycles. The number of carboxylic acid groups (broad SMARTS) is 3. The molecule has 59 heavy (non-hydrogen) atoms. The molecule has 7 amide bonds. The van der Waals surface area contributed by atoms with E-state index >= 15 is 0 Å². The molecule has 12 N–H and O–H groups in total. The predicted octanol–water partition coefficient (Wildman–Crippen LogP) is -2.64. The summed E-state index contributed by atoms with van der Waals surface area (Å²) in [7, 11) is 0. The van der Waals surface area contributed by atoms with Gasteiger partial charge in [0.15, 0.2) is 0 Å². The van der Waals surface area contributed by atoms with E-state index in [-0.39, 0.29) is 19.4 Å². The molecule has 0 radical (unpaired) electrons. The Morgan fingerprint density at radius 3 is 1.66 bits per heavy atom. The van der Waals surface area contributed by atoms with Crippen molar-refractivity contribution in [3.8, 4) is 0 Å². The lowest BCUT2D eigenvalue weighted by Gasteiger charge is -2.33. The molecule has 2 fully saturated rings. The number of hydrogen-bond donors (Lipinski definition) is 10. The minimum atomic E-state index is -1.56. The van der Waals surface area contributed by atoms with E-state index in [1.54, 1.807) is 13.8 Å². The van der Waals surface area contributed by atoms with Gasteiger partial charge in [0.25, 0.3) is 0 Å². The van der Waals surface area contributed by atoms with Crippen molar-refractivity contribution in [2.75, 3.05) is 26.2 Å². The van der Waals surface area contributed by atoms with Crippen molar-refractivity contribution in [2.24, 2.45) is 17.4 Å². The topological polar surface area (TPSA) is 350 Å². The second kappa shape index (κ2) is 24.5. The number of likely N-dealkylation sites (tertiary alicyclic amines) is 2. The first-order valence-corrected chi connectivity index (χ1v) is 20.0. The summed E-state index contributed by atoms with van der Waals surface area (Å²) in [4.78, 5) is 130. The van der Waals surface area contributed by atoms with Gasteiger partial charge in [-0.05, 0) is 77.2 Å². The highest BCUT2D eigenvalue weighted by molar-refractivity contribution is 5.97. The fourth-order valence-corrected chi connectivity index (χ4v) is 6.88. The van der Waals surface area contributed by atoms with Gasteiger partial charge in [-0.3, -0.25) is 43.2 Å². The number of amides is 7. The van der Waals surface area contributed by atoms with E-state index in [9.17, 15) is 58.2 Å². The van der Waals surface area contributed by atoms with Crippen LogP contribution >= 0.6 is 0 Å². The Kier molecular flexibility index (Phi) is 20.7. The van der Waals surface area contributed by atoms with Crippen LogP contribution in [0.3, 0.4) is 0 Å². The average molecular weight is 840 g/mol. The van der Waals surface area contributed by atoms with Gasteiger partial charge in [0.05, 0.1) is 12.6 Å². The molecular weight excluding hydrogens is 778 g/mol. The van der Waals surface area contributed by atoms with Gasteiger partial charge >= 0.3 is 17.9 Å². The zero-order chi connectivity index (χ0) is 44.4. The molecule has 0 aromatic carbocycles. The lowest BCUT2D eigenvalue weighted by atomic mass is 9.96. The number of carboxylic acids is 3. The summed E-state index contributed by atoms with van der Waals surface area (Å²) in [6.07, 6.45) is 1.17. The molecule has 0 unspecified atom stereocenters. The van der Waals surface area contributed by atoms with E-state index in [0.717, 1.165) is 0 Å². The van der Waals surface area contributed by atoms with E-state index < -0.39 is 140 Å². The number of aliphatic carboxylic acids is 3. The smallest absolute Gasteiger partial charge is 0.326 e. The number of rotatable bonds is 25. The molecule has 332 valence electrons. The van der Waals surface area contributed by atoms with Crippen molar-refractivity contribution in [3.63, 3.8) is 0 Å². The third-order valence-electron chi connectivity index (χ3n) is 10.4. The molecule has 22 nitrogen and oxygen atoms in total. The van der Waals surface area contributed by atoms with Gasteiger partial charge < -0.3 is 63.2 Å². The third kappa shape index (κ3) is 15.7. The van der Waals surface area contributed by atoms with Crippen LogP contribution in [0.25, 0.3) is 0 Å². The quantitative estimate of drug-likeness (QED) is 0.0420. The zero-order valence-corrected chi connectivity index (χ0v) is 33.9. The third-order valence-corrected chi connectivity index (χ3v) is 10.4. The standard InChI is InChI=1S/C37H61N9O13/c1-4-20(2)30(44-32(53)22(9-5-6-16-38)42-33(54)25-10-7-17-45(25)35(56)21(3)39)36(57)46-18-8-11-26(46)34(55)43-23(12-14-28(48)49)31(52)40-19-27(47)41-24(37(58)59)13-15-29(50)51/h20-26,30H,4-19,38-39H2,1-3H3,(H,40,52)(H,41,47)(H,42,54)(H,43,55)(H,44,53)(H,48,49)(H,50,51)(H,58,59)/t20-,21-,22-,23-,24-,25-,26-,30-/m0/s1. The fourth-order valence-electron chi connectivity index (χ4n) is 6.88. The maximum Gasteiger partial charge on any atom is 0.326 e. The molecule has 0 aromatic heterocycles. The molecule has 0 spiro atoms. The largest absolute Gasteiger partial charge is 0.481 e. The molecule has 8 atom stereocenters. The summed E-state index contributed by atoms with van der Waals surface area (Å²) in [5.74, 6) is -9.45. The molecule has 0 aliphatic carbocycles. The highest BCUT2D eigenvalue weighted by Crippen LogP contribution is 2.23. The maximum atomic E-state index is 14.2. The van der Waals surface area contributed by atoms with Crippen molar-refractivity contribution in [1.82, 2.24) is 36.4 Å². The van der Waals surface area contributed by atoms with Crippen molar-refractivity contribution in [2.45, 2.75) is 140 Å². The molecule has 2 aliphatic rings. The maximum absolute atomic E-state index is 14.2. The Bertz CT molecular complexity index is 1540. The van der Waals surface area contributed by atoms with Gasteiger partial charge in [0.1, 0.15) is 36.3 Å². The van der Waals surface area contributed by atoms with Crippen LogP contribution in [-0.4, -0.2) is 153 Å². The lowest BCUT2D eigenvalue weighted by molar-refractivity contribution is -0.144. The van der Waals surface area contributed by atoms with Gasteiger partial charge in [-0.15, -0.1) is 0 Å². The van der Waals surface area contributed by atoms with E-state index in [1.165, 1.54) is 16.7 Å². The minimum Gasteiger partial charge on any atom is -0.481 e. The molecule has 0 bridgehead atoms. The van der Waals surface area contributed by atoms with Gasteiger partial charge in [0.2, 0.25) is 41.4 Å². The van der Waals surface area contributed by atoms with Gasteiger partial charge in [-0.1, -0.05) is 20.3 Å². The number of nitrogens with two attached hydrogens (primary N) is 2. The Balaban J connectivity index is 2.22. The number of carbonyl (C=O) groups excluding carboxylic acids is 7. The molecule has 2 aliphatic heterocycles. The number of nitrogens with one attached hydrogen (secondary N) is 5. The number of nitrogens with zero attached hydrogens (tertiary/aromatic N) is 2. The van der Waals surface area contributed by atoms with Crippen molar-refractivity contribution >= 4 is 59.3 Å². The van der Waals surface area contributed by atoms with Gasteiger partial charge in [-0.25, -0.2) is 4.79 Å². The fraction of sp³-hybridized carbons (Fsp3) is 0.730. The van der Waals surface area contributed by atoms with Crippen molar-refractivity contribution < 1.29 is 63.3 Å². The van der Waals surface area contributed by atoms with Crippen LogP contribution in [0.5, 0.6) is 0 Å². The molecule has 2 rings (SSSR count). The Hall–Kier alpha value is -5.38. The first-order chi connectivity index (χ1) is 27.8. The first kappa shape index (κ1) is 49.8. The summed E-state index contributed by atoms with van der Waals surface area (Å²) in [6, 6.07) is -8.07. The SMILES string of the molecule is CC[C@H](C)[C@H](NC(=O)[C@H](CCCCN)NC(=O)[C@@H]1CCCN1C(=O)[C@H](C)N)C(=O)N1CCC[C@H]1C(=O)N[C@@H](CCC(=O)O)C(=O)NCC(=O)N[C@@H](CCC(=O)O)C(=O)O. The van der Waals surface area contributed by atoms with E-state index in [4.69, 9.17) is 16.6 Å². The number of unbranched alkanes of at least 4 members (excludes halogenated alkanes) is 1. The van der Waals surface area contributed by atoms with Crippen LogP contribution in [-0.2, 0) is 47.9 Å². The van der Waals surface area contributed by atoms with Crippen LogP contribution in [0.15, 0.2) is 0 Å². The highest BCUT2D eigenvalue weighted by Gasteiger charge is 2.42.